The van der Waals surface area contributed by atoms with Crippen molar-refractivity contribution in [1.82, 2.24) is 0 Å². The molecule has 1 fully saturated rings. The third-order valence-corrected chi connectivity index (χ3v) is 5.03. The molecule has 1 aliphatic rings. The Morgan fingerprint density at radius 3 is 2.65 bits per heavy atom. The largest absolute Gasteiger partial charge is 0.399 e. The molecule has 4 nitrogen and oxygen atoms in total. The van der Waals surface area contributed by atoms with Crippen LogP contribution >= 0.6 is 11.8 Å². The maximum Gasteiger partial charge on any atom is 0.247 e. The number of thioether (sulfide) groups is 1. The molecule has 0 bridgehead atoms. The van der Waals surface area contributed by atoms with Gasteiger partial charge in [0.25, 0.3) is 0 Å². The minimum absolute atomic E-state index is 0.148. The van der Waals surface area contributed by atoms with Crippen LogP contribution in [0.4, 0.5) is 11.4 Å². The number of aryl methyl sites for hydroxylation is 2. The van der Waals surface area contributed by atoms with E-state index in [0.29, 0.717) is 11.4 Å². The van der Waals surface area contributed by atoms with E-state index in [4.69, 9.17) is 5.73 Å². The fourth-order valence-corrected chi connectivity index (χ4v) is 3.78. The van der Waals surface area contributed by atoms with Gasteiger partial charge in [-0.25, -0.2) is 4.90 Å². The number of carbonyl (C=O) groups is 2. The topological polar surface area (TPSA) is 63.4 Å². The Labute approximate surface area is 139 Å². The van der Waals surface area contributed by atoms with Crippen molar-refractivity contribution >= 4 is 35.0 Å². The van der Waals surface area contributed by atoms with Crippen molar-refractivity contribution in [3.8, 4) is 0 Å². The summed E-state index contributed by atoms with van der Waals surface area (Å²) in [5, 5.41) is -0.399. The summed E-state index contributed by atoms with van der Waals surface area (Å²) in [6, 6.07) is 13.2. The second kappa shape index (κ2) is 6.08. The van der Waals surface area contributed by atoms with Gasteiger partial charge in [0.05, 0.1) is 10.9 Å². The van der Waals surface area contributed by atoms with Crippen molar-refractivity contribution in [3.63, 3.8) is 0 Å². The maximum absolute atomic E-state index is 12.7. The van der Waals surface area contributed by atoms with Crippen molar-refractivity contribution in [1.29, 1.82) is 0 Å². The monoisotopic (exact) mass is 326 g/mol. The second-order valence-corrected chi connectivity index (χ2v) is 7.02. The number of rotatable bonds is 3. The van der Waals surface area contributed by atoms with Gasteiger partial charge in [0.15, 0.2) is 0 Å². The smallest absolute Gasteiger partial charge is 0.247 e. The van der Waals surface area contributed by atoms with E-state index in [1.54, 1.807) is 6.07 Å². The first-order valence-corrected chi connectivity index (χ1v) is 8.30. The fraction of sp³-hybridized carbons (Fsp3) is 0.222. The molecule has 23 heavy (non-hydrogen) atoms. The Hall–Kier alpha value is -2.27. The standard InChI is InChI=1S/C18H18N2O2S/c1-11-6-7-12(2)15(8-11)20-17(21)10-16(18(20)22)23-14-5-3-4-13(19)9-14/h3-9,16H,10,19H2,1-2H3/t16-/m0/s1. The Bertz CT molecular complexity index is 788. The number of carbonyl (C=O) groups excluding carboxylic acids is 2. The molecule has 5 heteroatoms. The number of nitrogen functional groups attached to an aromatic ring is 1. The van der Waals surface area contributed by atoms with Crippen LogP contribution in [-0.2, 0) is 9.59 Å². The molecule has 1 heterocycles. The molecule has 0 spiro atoms. The third-order valence-electron chi connectivity index (χ3n) is 3.85. The summed E-state index contributed by atoms with van der Waals surface area (Å²) < 4.78 is 0. The van der Waals surface area contributed by atoms with E-state index in [0.717, 1.165) is 16.0 Å². The van der Waals surface area contributed by atoms with E-state index >= 15 is 0 Å². The number of nitrogens with zero attached hydrogens (tertiary/aromatic N) is 1. The quantitative estimate of drug-likeness (QED) is 0.694. The van der Waals surface area contributed by atoms with E-state index in [1.807, 2.05) is 50.2 Å². The highest BCUT2D eigenvalue weighted by atomic mass is 32.2. The number of hydrogen-bond acceptors (Lipinski definition) is 4. The third kappa shape index (κ3) is 3.10. The SMILES string of the molecule is Cc1ccc(C)c(N2C(=O)C[C@H](Sc3cccc(N)c3)C2=O)c1. The molecular formula is C18H18N2O2S. The minimum Gasteiger partial charge on any atom is -0.399 e. The highest BCUT2D eigenvalue weighted by molar-refractivity contribution is 8.00. The fourth-order valence-electron chi connectivity index (χ4n) is 2.66. The van der Waals surface area contributed by atoms with Gasteiger partial charge in [-0.15, -0.1) is 11.8 Å². The molecule has 2 amide bonds. The molecule has 0 aliphatic carbocycles. The first-order valence-electron chi connectivity index (χ1n) is 7.42. The average molecular weight is 326 g/mol. The summed E-state index contributed by atoms with van der Waals surface area (Å²) >= 11 is 1.39. The van der Waals surface area contributed by atoms with Gasteiger partial charge in [-0.3, -0.25) is 9.59 Å². The van der Waals surface area contributed by atoms with Crippen LogP contribution in [0.3, 0.4) is 0 Å². The van der Waals surface area contributed by atoms with Gasteiger partial charge in [-0.05, 0) is 49.2 Å². The number of hydrogen-bond donors (Lipinski definition) is 1. The first kappa shape index (κ1) is 15.6. The summed E-state index contributed by atoms with van der Waals surface area (Å²) in [6.07, 6.45) is 0.214. The van der Waals surface area contributed by atoms with Crippen molar-refractivity contribution in [2.24, 2.45) is 0 Å². The zero-order chi connectivity index (χ0) is 16.6. The minimum atomic E-state index is -0.399. The molecule has 0 saturated carbocycles. The predicted molar refractivity (Wildman–Crippen MR) is 93.5 cm³/mol. The molecule has 1 atom stereocenters. The first-order chi connectivity index (χ1) is 11.0. The Kier molecular flexibility index (Phi) is 4.13. The van der Waals surface area contributed by atoms with Crippen molar-refractivity contribution < 1.29 is 9.59 Å². The van der Waals surface area contributed by atoms with E-state index < -0.39 is 5.25 Å². The van der Waals surface area contributed by atoms with Crippen LogP contribution < -0.4 is 10.6 Å². The lowest BCUT2D eigenvalue weighted by atomic mass is 10.1. The molecule has 2 aromatic carbocycles. The molecule has 0 aromatic heterocycles. The lowest BCUT2D eigenvalue weighted by molar-refractivity contribution is -0.121. The number of amides is 2. The Morgan fingerprint density at radius 1 is 1.13 bits per heavy atom. The molecule has 1 aliphatic heterocycles. The van der Waals surface area contributed by atoms with Gasteiger partial charge >= 0.3 is 0 Å². The number of benzene rings is 2. The number of nitrogens with two attached hydrogens (primary N) is 1. The Balaban J connectivity index is 1.87. The van der Waals surface area contributed by atoms with Gasteiger partial charge in [-0.1, -0.05) is 18.2 Å². The summed E-state index contributed by atoms with van der Waals surface area (Å²) in [5.41, 5.74) is 9.06. The molecular weight excluding hydrogens is 308 g/mol. The van der Waals surface area contributed by atoms with Crippen LogP contribution in [0, 0.1) is 13.8 Å². The predicted octanol–water partition coefficient (Wildman–Crippen LogP) is 3.31. The van der Waals surface area contributed by atoms with Crippen molar-refractivity contribution in [3.05, 3.63) is 53.6 Å². The van der Waals surface area contributed by atoms with Crippen molar-refractivity contribution in [2.45, 2.75) is 30.4 Å². The van der Waals surface area contributed by atoms with Gasteiger partial charge in [-0.2, -0.15) is 0 Å². The molecule has 2 N–H and O–H groups in total. The van der Waals surface area contributed by atoms with Crippen LogP contribution in [0.5, 0.6) is 0 Å². The van der Waals surface area contributed by atoms with E-state index in [-0.39, 0.29) is 18.2 Å². The van der Waals surface area contributed by atoms with Gasteiger partial charge in [0.1, 0.15) is 0 Å². The highest BCUT2D eigenvalue weighted by Crippen LogP contribution is 2.35. The molecule has 118 valence electrons. The maximum atomic E-state index is 12.7. The van der Waals surface area contributed by atoms with Crippen molar-refractivity contribution in [2.75, 3.05) is 10.6 Å². The number of anilines is 2. The lowest BCUT2D eigenvalue weighted by Gasteiger charge is -2.18. The lowest BCUT2D eigenvalue weighted by Crippen LogP contribution is -2.31. The second-order valence-electron chi connectivity index (χ2n) is 5.74. The Morgan fingerprint density at radius 2 is 1.91 bits per heavy atom. The van der Waals surface area contributed by atoms with Gasteiger partial charge in [0, 0.05) is 17.0 Å². The molecule has 2 aromatic rings. The normalized spacial score (nSPS) is 17.8. The molecule has 1 saturated heterocycles. The molecule has 0 radical (unpaired) electrons. The van der Waals surface area contributed by atoms with Gasteiger partial charge in [0.2, 0.25) is 11.8 Å². The van der Waals surface area contributed by atoms with Crippen LogP contribution in [0.2, 0.25) is 0 Å². The van der Waals surface area contributed by atoms with E-state index in [9.17, 15) is 9.59 Å². The average Bonchev–Trinajstić information content (AvgIpc) is 2.76. The zero-order valence-electron chi connectivity index (χ0n) is 13.1. The molecule has 0 unspecified atom stereocenters. The van der Waals surface area contributed by atoms with E-state index in [1.165, 1.54) is 16.7 Å². The van der Waals surface area contributed by atoms with E-state index in [2.05, 4.69) is 0 Å². The van der Waals surface area contributed by atoms with Gasteiger partial charge < -0.3 is 5.73 Å². The number of imide groups is 1. The summed E-state index contributed by atoms with van der Waals surface area (Å²) in [5.74, 6) is -0.304. The highest BCUT2D eigenvalue weighted by Gasteiger charge is 2.40. The summed E-state index contributed by atoms with van der Waals surface area (Å²) in [7, 11) is 0. The summed E-state index contributed by atoms with van der Waals surface area (Å²) in [6.45, 7) is 3.86. The van der Waals surface area contributed by atoms with Crippen LogP contribution in [-0.4, -0.2) is 17.1 Å². The zero-order valence-corrected chi connectivity index (χ0v) is 13.9. The van der Waals surface area contributed by atoms with Crippen LogP contribution in [0.15, 0.2) is 47.4 Å². The van der Waals surface area contributed by atoms with Crippen LogP contribution in [0.25, 0.3) is 0 Å². The summed E-state index contributed by atoms with van der Waals surface area (Å²) in [4.78, 5) is 27.3. The van der Waals surface area contributed by atoms with Crippen LogP contribution in [0.1, 0.15) is 17.5 Å². The molecule has 3 rings (SSSR count).